The number of benzene rings is 3. The standard InChI is InChI=1S/C46H50N8O5S/c1-27(2)42(46(57)54-21-7-9-38(54)45(56)49-28(3)30-11-13-32(14-12-30)43-29(4)48-26-60-43)40-25-41(52-59-40)58-34-19-22-53(23-20-34)33-17-15-31(16-18-33)36-24-37(50-51-44(36)47)35-8-5-6-10-39(35)55/h5-6,8,10-18,24-28,34,38,42,55H,7,9,19-23H2,1-4H3,(H2,47,51)(H,49,56)/t28-,38-,42?/m0/s1. The van der Waals surface area contributed by atoms with Gasteiger partial charge in [-0.05, 0) is 84.8 Å². The van der Waals surface area contributed by atoms with Crippen LogP contribution in [0.15, 0.2) is 95.0 Å². The Balaban J connectivity index is 0.856. The van der Waals surface area contributed by atoms with E-state index in [0.29, 0.717) is 41.7 Å². The lowest BCUT2D eigenvalue weighted by Crippen LogP contribution is -2.48. The van der Waals surface area contributed by atoms with Crippen molar-refractivity contribution < 1.29 is 24.0 Å². The van der Waals surface area contributed by atoms with Crippen LogP contribution in [0.4, 0.5) is 11.5 Å². The first-order chi connectivity index (χ1) is 29.0. The Morgan fingerprint density at radius 3 is 2.35 bits per heavy atom. The van der Waals surface area contributed by atoms with Gasteiger partial charge in [-0.25, -0.2) is 4.98 Å². The lowest BCUT2D eigenvalue weighted by atomic mass is 9.91. The zero-order valence-electron chi connectivity index (χ0n) is 34.2. The number of carbonyl (C=O) groups excluding carboxylic acids is 2. The van der Waals surface area contributed by atoms with E-state index in [1.807, 2.05) is 69.6 Å². The number of rotatable bonds is 12. The molecule has 2 saturated heterocycles. The van der Waals surface area contributed by atoms with Crippen LogP contribution in [0.5, 0.6) is 11.6 Å². The zero-order valence-corrected chi connectivity index (χ0v) is 35.1. The number of nitrogens with one attached hydrogen (secondary N) is 1. The molecule has 2 aliphatic rings. The number of ether oxygens (including phenoxy) is 1. The number of thiazole rings is 1. The molecule has 3 aromatic carbocycles. The van der Waals surface area contributed by atoms with E-state index in [-0.39, 0.29) is 35.6 Å². The minimum absolute atomic E-state index is 0.0659. The Kier molecular flexibility index (Phi) is 11.8. The summed E-state index contributed by atoms with van der Waals surface area (Å²) in [5.41, 5.74) is 15.0. The number of carbonyl (C=O) groups is 2. The molecule has 0 radical (unpaired) electrons. The molecule has 3 atom stereocenters. The van der Waals surface area contributed by atoms with Crippen molar-refractivity contribution in [3.63, 3.8) is 0 Å². The molecule has 2 aliphatic heterocycles. The predicted octanol–water partition coefficient (Wildman–Crippen LogP) is 8.17. The van der Waals surface area contributed by atoms with Gasteiger partial charge in [-0.1, -0.05) is 62.4 Å². The van der Waals surface area contributed by atoms with E-state index in [4.69, 9.17) is 15.0 Å². The van der Waals surface area contributed by atoms with Gasteiger partial charge in [-0.2, -0.15) is 0 Å². The van der Waals surface area contributed by atoms with Crippen LogP contribution in [-0.2, 0) is 9.59 Å². The van der Waals surface area contributed by atoms with Gasteiger partial charge >= 0.3 is 0 Å². The van der Waals surface area contributed by atoms with E-state index in [2.05, 4.69) is 54.8 Å². The Morgan fingerprint density at radius 1 is 0.917 bits per heavy atom. The highest BCUT2D eigenvalue weighted by Gasteiger charge is 2.40. The Hall–Kier alpha value is -6.28. The van der Waals surface area contributed by atoms with Crippen LogP contribution in [0.1, 0.15) is 75.4 Å². The quantitative estimate of drug-likeness (QED) is 0.109. The number of nitrogens with two attached hydrogens (primary N) is 1. The molecule has 0 saturated carbocycles. The summed E-state index contributed by atoms with van der Waals surface area (Å²) in [6.07, 6.45) is 2.84. The van der Waals surface area contributed by atoms with Gasteiger partial charge in [0, 0.05) is 55.4 Å². The average molecular weight is 827 g/mol. The van der Waals surface area contributed by atoms with Crippen molar-refractivity contribution in [1.29, 1.82) is 0 Å². The largest absolute Gasteiger partial charge is 0.507 e. The SMILES string of the molecule is Cc1ncsc1-c1ccc([C@H](C)NC(=O)[C@@H]2CCCN2C(=O)C(c2cc(OC3CCN(c4ccc(-c5cc(-c6ccccc6O)nnc5N)cc4)CC3)no2)C(C)C)cc1. The van der Waals surface area contributed by atoms with Crippen molar-refractivity contribution in [3.8, 4) is 44.5 Å². The maximum absolute atomic E-state index is 14.2. The molecule has 13 nitrogen and oxygen atoms in total. The van der Waals surface area contributed by atoms with E-state index in [1.165, 1.54) is 0 Å². The summed E-state index contributed by atoms with van der Waals surface area (Å²) in [6.45, 7) is 10.0. The highest BCUT2D eigenvalue weighted by atomic mass is 32.1. The van der Waals surface area contributed by atoms with Crippen molar-refractivity contribution in [1.82, 2.24) is 30.6 Å². The number of phenols is 1. The molecular weight excluding hydrogens is 777 g/mol. The van der Waals surface area contributed by atoms with Crippen LogP contribution < -0.4 is 20.7 Å². The predicted molar refractivity (Wildman–Crippen MR) is 233 cm³/mol. The summed E-state index contributed by atoms with van der Waals surface area (Å²) in [5.74, 6) is 0.248. The van der Waals surface area contributed by atoms with Gasteiger partial charge in [0.05, 0.1) is 27.8 Å². The number of phenolic OH excluding ortho intramolecular Hbond substituents is 1. The van der Waals surface area contributed by atoms with Gasteiger partial charge in [-0.3, -0.25) is 9.59 Å². The number of aryl methyl sites for hydroxylation is 1. The molecule has 6 aromatic rings. The smallest absolute Gasteiger partial charge is 0.254 e. The van der Waals surface area contributed by atoms with Crippen LogP contribution in [-0.4, -0.2) is 73.9 Å². The highest BCUT2D eigenvalue weighted by Crippen LogP contribution is 2.36. The number of nitrogen functional groups attached to an aromatic ring is 1. The normalized spacial score (nSPS) is 16.9. The molecule has 0 aliphatic carbocycles. The summed E-state index contributed by atoms with van der Waals surface area (Å²) < 4.78 is 12.1. The Morgan fingerprint density at radius 2 is 1.65 bits per heavy atom. The molecule has 1 unspecified atom stereocenters. The molecule has 4 N–H and O–H groups in total. The maximum atomic E-state index is 14.2. The summed E-state index contributed by atoms with van der Waals surface area (Å²) in [7, 11) is 0. The van der Waals surface area contributed by atoms with Gasteiger partial charge in [0.2, 0.25) is 11.8 Å². The van der Waals surface area contributed by atoms with Crippen LogP contribution in [0.3, 0.4) is 0 Å². The van der Waals surface area contributed by atoms with Gasteiger partial charge < -0.3 is 35.2 Å². The van der Waals surface area contributed by atoms with Crippen LogP contribution in [0.2, 0.25) is 0 Å². The van der Waals surface area contributed by atoms with E-state index >= 15 is 0 Å². The van der Waals surface area contributed by atoms with E-state index in [1.54, 1.807) is 40.5 Å². The van der Waals surface area contributed by atoms with Gasteiger partial charge in [0.25, 0.3) is 5.88 Å². The number of hydrogen-bond donors (Lipinski definition) is 3. The van der Waals surface area contributed by atoms with Crippen molar-refractivity contribution in [2.75, 3.05) is 30.3 Å². The van der Waals surface area contributed by atoms with Crippen molar-refractivity contribution >= 4 is 34.7 Å². The monoisotopic (exact) mass is 826 g/mol. The number of nitrogens with zero attached hydrogens (tertiary/aromatic N) is 6. The molecule has 5 heterocycles. The second-order valence-electron chi connectivity index (χ2n) is 16.0. The van der Waals surface area contributed by atoms with Crippen LogP contribution in [0.25, 0.3) is 32.8 Å². The third-order valence-corrected chi connectivity index (χ3v) is 12.6. The number of aromatic nitrogens is 4. The van der Waals surface area contributed by atoms with E-state index < -0.39 is 12.0 Å². The fourth-order valence-corrected chi connectivity index (χ4v) is 9.11. The first kappa shape index (κ1) is 40.5. The van der Waals surface area contributed by atoms with Gasteiger partial charge in [0.15, 0.2) is 11.6 Å². The van der Waals surface area contributed by atoms with Gasteiger partial charge in [-0.15, -0.1) is 21.5 Å². The average Bonchev–Trinajstić information content (AvgIpc) is 4.04. The third-order valence-electron chi connectivity index (χ3n) is 11.6. The molecule has 14 heteroatoms. The maximum Gasteiger partial charge on any atom is 0.254 e. The van der Waals surface area contributed by atoms with Crippen molar-refractivity contribution in [2.24, 2.45) is 5.92 Å². The molecule has 0 bridgehead atoms. The van der Waals surface area contributed by atoms with E-state index in [9.17, 15) is 14.7 Å². The Labute approximate surface area is 353 Å². The number of anilines is 2. The molecular formula is C46H50N8O5S. The molecule has 3 aromatic heterocycles. The minimum atomic E-state index is -0.608. The number of para-hydroxylation sites is 1. The fourth-order valence-electron chi connectivity index (χ4n) is 8.29. The van der Waals surface area contributed by atoms with Gasteiger partial charge in [0.1, 0.15) is 23.8 Å². The first-order valence-electron chi connectivity index (χ1n) is 20.6. The number of likely N-dealkylation sites (tertiary alicyclic amines) is 1. The number of aromatic hydroxyl groups is 1. The van der Waals surface area contributed by atoms with Crippen LogP contribution >= 0.6 is 11.3 Å². The number of hydrogen-bond acceptors (Lipinski definition) is 12. The molecule has 8 rings (SSSR count). The number of piperidine rings is 1. The fraction of sp³-hybridized carbons (Fsp3) is 0.348. The van der Waals surface area contributed by atoms with Crippen molar-refractivity contribution in [3.05, 3.63) is 107 Å². The highest BCUT2D eigenvalue weighted by molar-refractivity contribution is 7.13. The first-order valence-corrected chi connectivity index (χ1v) is 21.4. The molecule has 0 spiro atoms. The second kappa shape index (κ2) is 17.5. The number of amides is 2. The summed E-state index contributed by atoms with van der Waals surface area (Å²) in [6, 6.07) is 26.2. The minimum Gasteiger partial charge on any atom is -0.507 e. The molecule has 60 heavy (non-hydrogen) atoms. The van der Waals surface area contributed by atoms with Crippen molar-refractivity contribution in [2.45, 2.75) is 77.5 Å². The van der Waals surface area contributed by atoms with Crippen LogP contribution in [0, 0.1) is 12.8 Å². The molecule has 310 valence electrons. The topological polar surface area (TPSA) is 173 Å². The second-order valence-corrected chi connectivity index (χ2v) is 16.8. The lowest BCUT2D eigenvalue weighted by Gasteiger charge is -2.33. The Bertz CT molecular complexity index is 2440. The summed E-state index contributed by atoms with van der Waals surface area (Å²) >= 11 is 1.61. The summed E-state index contributed by atoms with van der Waals surface area (Å²) in [5, 5.41) is 26.1. The summed E-state index contributed by atoms with van der Waals surface area (Å²) in [4.78, 5) is 37.4. The third kappa shape index (κ3) is 8.55. The molecule has 2 amide bonds. The zero-order chi connectivity index (χ0) is 41.9. The molecule has 2 fully saturated rings. The lowest BCUT2D eigenvalue weighted by molar-refractivity contribution is -0.141. The van der Waals surface area contributed by atoms with E-state index in [0.717, 1.165) is 70.9 Å².